The number of nitrogens with one attached hydrogen (secondary N) is 1. The Bertz CT molecular complexity index is 664. The van der Waals surface area contributed by atoms with Crippen LogP contribution in [0.15, 0.2) is 35.3 Å². The van der Waals surface area contributed by atoms with Crippen molar-refractivity contribution in [1.29, 1.82) is 0 Å². The van der Waals surface area contributed by atoms with Gasteiger partial charge in [0, 0.05) is 11.3 Å². The number of thiazole rings is 1. The van der Waals surface area contributed by atoms with Gasteiger partial charge in [-0.25, -0.2) is 4.98 Å². The molecule has 1 aliphatic heterocycles. The van der Waals surface area contributed by atoms with E-state index in [9.17, 15) is 4.79 Å². The largest absolute Gasteiger partial charge is 0.301 e. The van der Waals surface area contributed by atoms with Crippen LogP contribution in [0, 0.1) is 6.92 Å². The summed E-state index contributed by atoms with van der Waals surface area (Å²) in [6.07, 6.45) is 0. The molecule has 1 amide bonds. The fourth-order valence-corrected chi connectivity index (χ4v) is 3.57. The maximum Gasteiger partial charge on any atom is 0.269 e. The molecule has 3 rings (SSSR count). The van der Waals surface area contributed by atoms with Gasteiger partial charge in [-0.2, -0.15) is 0 Å². The fourth-order valence-electron chi connectivity index (χ4n) is 1.88. The lowest BCUT2D eigenvalue weighted by molar-refractivity contribution is 0.0981. The first kappa shape index (κ1) is 13.3. The summed E-state index contributed by atoms with van der Waals surface area (Å²) in [6, 6.07) is 9.90. The third kappa shape index (κ3) is 2.76. The molecular formula is C14H13N3OS2. The second-order valence-electron chi connectivity index (χ2n) is 4.29. The van der Waals surface area contributed by atoms with Crippen LogP contribution in [0.3, 0.4) is 0 Å². The zero-order valence-corrected chi connectivity index (χ0v) is 12.6. The highest BCUT2D eigenvalue weighted by Gasteiger charge is 2.18. The highest BCUT2D eigenvalue weighted by atomic mass is 32.2. The number of carbonyl (C=O) groups is 1. The van der Waals surface area contributed by atoms with Crippen molar-refractivity contribution in [3.05, 3.63) is 40.9 Å². The van der Waals surface area contributed by atoms with Crippen molar-refractivity contribution < 1.29 is 4.79 Å². The van der Waals surface area contributed by atoms with Crippen LogP contribution in [0.4, 0.5) is 0 Å². The second kappa shape index (κ2) is 5.76. The normalized spacial score (nSPS) is 14.2. The number of aryl methyl sites for hydroxylation is 1. The first-order valence-electron chi connectivity index (χ1n) is 6.25. The Hall–Kier alpha value is -1.66. The van der Waals surface area contributed by atoms with Crippen molar-refractivity contribution in [1.82, 2.24) is 10.3 Å². The molecule has 0 bridgehead atoms. The van der Waals surface area contributed by atoms with E-state index >= 15 is 0 Å². The molecule has 0 radical (unpaired) electrons. The number of amides is 1. The average Bonchev–Trinajstić information content (AvgIpc) is 3.09. The molecule has 0 spiro atoms. The number of hydrogen-bond donors (Lipinski definition) is 1. The summed E-state index contributed by atoms with van der Waals surface area (Å²) in [5, 5.41) is 4.43. The zero-order chi connectivity index (χ0) is 13.9. The highest BCUT2D eigenvalue weighted by Crippen LogP contribution is 2.27. The Morgan fingerprint density at radius 3 is 2.80 bits per heavy atom. The smallest absolute Gasteiger partial charge is 0.269 e. The van der Waals surface area contributed by atoms with Gasteiger partial charge in [0.2, 0.25) is 0 Å². The van der Waals surface area contributed by atoms with E-state index in [1.807, 2.05) is 37.3 Å². The highest BCUT2D eigenvalue weighted by molar-refractivity contribution is 8.14. The Morgan fingerprint density at radius 1 is 1.30 bits per heavy atom. The summed E-state index contributed by atoms with van der Waals surface area (Å²) in [6.45, 7) is 2.64. The van der Waals surface area contributed by atoms with Crippen LogP contribution in [0.2, 0.25) is 0 Å². The second-order valence-corrected chi connectivity index (χ2v) is 6.37. The van der Waals surface area contributed by atoms with E-state index in [1.54, 1.807) is 11.8 Å². The van der Waals surface area contributed by atoms with E-state index in [-0.39, 0.29) is 5.91 Å². The van der Waals surface area contributed by atoms with Crippen molar-refractivity contribution in [3.8, 4) is 10.6 Å². The molecule has 2 heterocycles. The van der Waals surface area contributed by atoms with Crippen molar-refractivity contribution in [3.63, 3.8) is 0 Å². The molecule has 1 N–H and O–H groups in total. The minimum absolute atomic E-state index is 0.115. The molecule has 6 heteroatoms. The Kier molecular flexibility index (Phi) is 3.84. The molecule has 20 heavy (non-hydrogen) atoms. The first-order valence-corrected chi connectivity index (χ1v) is 8.05. The van der Waals surface area contributed by atoms with E-state index in [4.69, 9.17) is 0 Å². The van der Waals surface area contributed by atoms with Gasteiger partial charge >= 0.3 is 0 Å². The zero-order valence-electron chi connectivity index (χ0n) is 10.9. The molecule has 0 atom stereocenters. The van der Waals surface area contributed by atoms with Gasteiger partial charge in [0.1, 0.15) is 9.88 Å². The van der Waals surface area contributed by atoms with Gasteiger partial charge in [0.05, 0.1) is 12.2 Å². The topological polar surface area (TPSA) is 54.4 Å². The van der Waals surface area contributed by atoms with Crippen LogP contribution in [0.5, 0.6) is 0 Å². The predicted octanol–water partition coefficient (Wildman–Crippen LogP) is 2.95. The van der Waals surface area contributed by atoms with E-state index in [1.165, 1.54) is 11.3 Å². The molecule has 4 nitrogen and oxygen atoms in total. The molecule has 1 aromatic heterocycles. The van der Waals surface area contributed by atoms with Crippen molar-refractivity contribution in [2.75, 3.05) is 12.3 Å². The summed E-state index contributed by atoms with van der Waals surface area (Å²) < 4.78 is 0. The van der Waals surface area contributed by atoms with Gasteiger partial charge in [0.25, 0.3) is 5.91 Å². The number of thioether (sulfide) groups is 1. The van der Waals surface area contributed by atoms with Crippen molar-refractivity contribution >= 4 is 34.2 Å². The minimum Gasteiger partial charge on any atom is -0.301 e. The number of benzene rings is 1. The fraction of sp³-hybridized carbons (Fsp3) is 0.214. The van der Waals surface area contributed by atoms with Crippen LogP contribution < -0.4 is 5.32 Å². The lowest BCUT2D eigenvalue weighted by Gasteiger charge is -2.01. The molecule has 102 valence electrons. The summed E-state index contributed by atoms with van der Waals surface area (Å²) in [4.78, 5) is 21.6. The van der Waals surface area contributed by atoms with Gasteiger partial charge in [-0.3, -0.25) is 9.79 Å². The van der Waals surface area contributed by atoms with E-state index < -0.39 is 0 Å². The SMILES string of the molecule is Cc1nc(-c2ccccc2)sc1C(=O)NC1=NCCS1. The lowest BCUT2D eigenvalue weighted by atomic mass is 10.2. The number of rotatable bonds is 2. The van der Waals surface area contributed by atoms with E-state index in [0.29, 0.717) is 10.0 Å². The number of hydrogen-bond acceptors (Lipinski definition) is 5. The molecular weight excluding hydrogens is 290 g/mol. The van der Waals surface area contributed by atoms with Crippen molar-refractivity contribution in [2.45, 2.75) is 6.92 Å². The third-order valence-corrected chi connectivity index (χ3v) is 4.93. The Morgan fingerprint density at radius 2 is 2.10 bits per heavy atom. The molecule has 0 fully saturated rings. The standard InChI is InChI=1S/C14H13N3OS2/c1-9-11(12(18)17-14-15-7-8-19-14)20-13(16-9)10-5-3-2-4-6-10/h2-6H,7-8H2,1H3,(H,15,17,18). The predicted molar refractivity (Wildman–Crippen MR) is 84.5 cm³/mol. The third-order valence-electron chi connectivity index (χ3n) is 2.83. The molecule has 0 saturated heterocycles. The van der Waals surface area contributed by atoms with Crippen LogP contribution in [-0.2, 0) is 0 Å². The van der Waals surface area contributed by atoms with Crippen LogP contribution in [0.1, 0.15) is 15.4 Å². The Balaban J connectivity index is 1.83. The van der Waals surface area contributed by atoms with Gasteiger partial charge in [0.15, 0.2) is 5.17 Å². The lowest BCUT2D eigenvalue weighted by Crippen LogP contribution is -2.27. The maximum absolute atomic E-state index is 12.2. The molecule has 0 aliphatic carbocycles. The molecule has 0 saturated carbocycles. The molecule has 2 aromatic rings. The van der Waals surface area contributed by atoms with Crippen molar-refractivity contribution in [2.24, 2.45) is 4.99 Å². The summed E-state index contributed by atoms with van der Waals surface area (Å²) in [5.41, 5.74) is 1.79. The van der Waals surface area contributed by atoms with Gasteiger partial charge in [-0.1, -0.05) is 42.1 Å². The summed E-state index contributed by atoms with van der Waals surface area (Å²) in [5.74, 6) is 0.822. The number of carbonyl (C=O) groups excluding carboxylic acids is 1. The number of nitrogens with zero attached hydrogens (tertiary/aromatic N) is 2. The summed E-state index contributed by atoms with van der Waals surface area (Å²) in [7, 11) is 0. The van der Waals surface area contributed by atoms with Gasteiger partial charge in [-0.15, -0.1) is 11.3 Å². The number of amidine groups is 1. The van der Waals surface area contributed by atoms with Gasteiger partial charge in [-0.05, 0) is 6.92 Å². The number of aromatic nitrogens is 1. The molecule has 1 aliphatic rings. The first-order chi connectivity index (χ1) is 9.74. The quantitative estimate of drug-likeness (QED) is 0.928. The minimum atomic E-state index is -0.115. The monoisotopic (exact) mass is 303 g/mol. The van der Waals surface area contributed by atoms with E-state index in [2.05, 4.69) is 15.3 Å². The van der Waals surface area contributed by atoms with Crippen LogP contribution in [-0.4, -0.2) is 28.4 Å². The van der Waals surface area contributed by atoms with E-state index in [0.717, 1.165) is 28.6 Å². The van der Waals surface area contributed by atoms with Gasteiger partial charge < -0.3 is 5.32 Å². The molecule has 1 aromatic carbocycles. The molecule has 0 unspecified atom stereocenters. The number of aliphatic imine (C=N–C) groups is 1. The summed E-state index contributed by atoms with van der Waals surface area (Å²) >= 11 is 2.99. The maximum atomic E-state index is 12.2. The van der Waals surface area contributed by atoms with Crippen LogP contribution >= 0.6 is 23.1 Å². The van der Waals surface area contributed by atoms with Crippen LogP contribution in [0.25, 0.3) is 10.6 Å². The Labute approximate surface area is 125 Å². The average molecular weight is 303 g/mol.